The van der Waals surface area contributed by atoms with Gasteiger partial charge in [0, 0.05) is 22.6 Å². The Morgan fingerprint density at radius 3 is 2.44 bits per heavy atom. The first kappa shape index (κ1) is 18.6. The number of phenolic OH excluding ortho intramolecular Hbond substituents is 1. The van der Waals surface area contributed by atoms with Gasteiger partial charge in [-0.15, -0.1) is 0 Å². The molecule has 0 bridgehead atoms. The van der Waals surface area contributed by atoms with Crippen LogP contribution < -0.4 is 0 Å². The summed E-state index contributed by atoms with van der Waals surface area (Å²) < 4.78 is 0. The van der Waals surface area contributed by atoms with Gasteiger partial charge in [0.25, 0.3) is 0 Å². The minimum absolute atomic E-state index is 0.00495. The van der Waals surface area contributed by atoms with Gasteiger partial charge in [-0.3, -0.25) is 14.4 Å². The Morgan fingerprint density at radius 2 is 1.78 bits per heavy atom. The SMILES string of the molecule is O=C1c2c(c(Cl)c3ccccc3c2O)C(=O)[C@@H]2C[C@@](O)(C(=O)CBr)CC[C@H]12. The summed E-state index contributed by atoms with van der Waals surface area (Å²) in [5.41, 5.74) is -1.68. The van der Waals surface area contributed by atoms with E-state index in [1.54, 1.807) is 24.3 Å². The Balaban J connectivity index is 1.90. The van der Waals surface area contributed by atoms with Gasteiger partial charge in [0.05, 0.1) is 21.5 Å². The molecular formula is C20H16BrClO5. The lowest BCUT2D eigenvalue weighted by molar-refractivity contribution is -0.139. The number of fused-ring (bicyclic) bond motifs is 3. The number of aromatic hydroxyl groups is 1. The maximum Gasteiger partial charge on any atom is 0.174 e. The number of ketones is 3. The maximum atomic E-state index is 13.2. The summed E-state index contributed by atoms with van der Waals surface area (Å²) in [7, 11) is 0. The van der Waals surface area contributed by atoms with Crippen LogP contribution in [0.25, 0.3) is 10.8 Å². The molecule has 1 saturated carbocycles. The standard InChI is InChI=1S/C20H16BrClO5/c21-8-13(23)20(27)6-5-11-12(7-20)19(26)14-15(18(11)25)17(24)10-4-2-1-3-9(10)16(14)22/h1-4,11-12,24,27H,5-8H2/t11-,12+,20+/m0/s1. The van der Waals surface area contributed by atoms with Crippen LogP contribution in [-0.2, 0) is 4.79 Å². The average Bonchev–Trinajstić information content (AvgIpc) is 2.68. The third kappa shape index (κ3) is 2.57. The summed E-state index contributed by atoms with van der Waals surface area (Å²) in [6.45, 7) is 0. The van der Waals surface area contributed by atoms with Crippen molar-refractivity contribution in [1.82, 2.24) is 0 Å². The van der Waals surface area contributed by atoms with Gasteiger partial charge in [0.1, 0.15) is 11.4 Å². The fourth-order valence-corrected chi connectivity index (χ4v) is 5.27. The molecule has 0 heterocycles. The molecule has 0 saturated heterocycles. The van der Waals surface area contributed by atoms with Gasteiger partial charge in [-0.05, 0) is 19.3 Å². The Bertz CT molecular complexity index is 1020. The molecule has 140 valence electrons. The van der Waals surface area contributed by atoms with Crippen LogP contribution >= 0.6 is 27.5 Å². The van der Waals surface area contributed by atoms with Crippen molar-refractivity contribution in [2.75, 3.05) is 5.33 Å². The van der Waals surface area contributed by atoms with Crippen LogP contribution in [0.2, 0.25) is 5.02 Å². The van der Waals surface area contributed by atoms with Crippen molar-refractivity contribution >= 4 is 55.7 Å². The first-order valence-corrected chi connectivity index (χ1v) is 10.1. The molecule has 2 aromatic rings. The zero-order valence-corrected chi connectivity index (χ0v) is 16.5. The average molecular weight is 452 g/mol. The number of phenols is 1. The molecule has 2 N–H and O–H groups in total. The molecule has 3 atom stereocenters. The Morgan fingerprint density at radius 1 is 1.15 bits per heavy atom. The molecule has 0 aromatic heterocycles. The summed E-state index contributed by atoms with van der Waals surface area (Å²) in [5.74, 6) is -2.89. The lowest BCUT2D eigenvalue weighted by Gasteiger charge is -2.41. The molecule has 1 fully saturated rings. The van der Waals surface area contributed by atoms with E-state index in [0.717, 1.165) is 0 Å². The quantitative estimate of drug-likeness (QED) is 0.680. The zero-order valence-electron chi connectivity index (χ0n) is 14.2. The van der Waals surface area contributed by atoms with E-state index < -0.39 is 29.0 Å². The van der Waals surface area contributed by atoms with Crippen LogP contribution in [0, 0.1) is 11.8 Å². The fraction of sp³-hybridized carbons (Fsp3) is 0.350. The highest BCUT2D eigenvalue weighted by Gasteiger charge is 2.52. The van der Waals surface area contributed by atoms with Gasteiger partial charge in [-0.1, -0.05) is 51.8 Å². The molecule has 0 unspecified atom stereocenters. The summed E-state index contributed by atoms with van der Waals surface area (Å²) >= 11 is 9.52. The molecule has 5 nitrogen and oxygen atoms in total. The lowest BCUT2D eigenvalue weighted by Crippen LogP contribution is -2.51. The number of halogens is 2. The predicted octanol–water partition coefficient (Wildman–Crippen LogP) is 3.69. The number of hydrogen-bond donors (Lipinski definition) is 2. The second-order valence-electron chi connectivity index (χ2n) is 7.23. The van der Waals surface area contributed by atoms with Gasteiger partial charge in [0.2, 0.25) is 0 Å². The molecule has 2 aliphatic carbocycles. The number of carbonyl (C=O) groups is 3. The number of hydrogen-bond acceptors (Lipinski definition) is 5. The Labute approximate surface area is 168 Å². The van der Waals surface area contributed by atoms with Crippen LogP contribution in [0.4, 0.5) is 0 Å². The number of alkyl halides is 1. The van der Waals surface area contributed by atoms with Crippen molar-refractivity contribution in [3.8, 4) is 5.75 Å². The highest BCUT2D eigenvalue weighted by Crippen LogP contribution is 2.49. The van der Waals surface area contributed by atoms with Crippen molar-refractivity contribution in [1.29, 1.82) is 0 Å². The predicted molar refractivity (Wildman–Crippen MR) is 104 cm³/mol. The smallest absolute Gasteiger partial charge is 0.174 e. The minimum atomic E-state index is -1.64. The molecular weight excluding hydrogens is 436 g/mol. The number of aliphatic hydroxyl groups is 1. The van der Waals surface area contributed by atoms with Crippen molar-refractivity contribution in [2.45, 2.75) is 24.9 Å². The van der Waals surface area contributed by atoms with Crippen molar-refractivity contribution in [2.24, 2.45) is 11.8 Å². The second-order valence-corrected chi connectivity index (χ2v) is 8.17. The maximum absolute atomic E-state index is 13.2. The first-order chi connectivity index (χ1) is 12.8. The van der Waals surface area contributed by atoms with E-state index in [0.29, 0.717) is 10.8 Å². The van der Waals surface area contributed by atoms with Gasteiger partial charge in [-0.25, -0.2) is 0 Å². The molecule has 2 aliphatic rings. The third-order valence-corrected chi connectivity index (χ3v) is 6.75. The number of benzene rings is 2. The van der Waals surface area contributed by atoms with E-state index in [-0.39, 0.29) is 52.3 Å². The molecule has 27 heavy (non-hydrogen) atoms. The van der Waals surface area contributed by atoms with Crippen molar-refractivity contribution in [3.63, 3.8) is 0 Å². The molecule has 0 spiro atoms. The minimum Gasteiger partial charge on any atom is -0.507 e. The fourth-order valence-electron chi connectivity index (χ4n) is 4.39. The number of Topliss-reactive ketones (excluding diaryl/α,β-unsaturated/α-hetero) is 3. The highest BCUT2D eigenvalue weighted by molar-refractivity contribution is 9.09. The third-order valence-electron chi connectivity index (χ3n) is 5.84. The van der Waals surface area contributed by atoms with Gasteiger partial charge < -0.3 is 10.2 Å². The van der Waals surface area contributed by atoms with E-state index in [1.807, 2.05) is 0 Å². The van der Waals surface area contributed by atoms with Gasteiger partial charge in [-0.2, -0.15) is 0 Å². The van der Waals surface area contributed by atoms with Gasteiger partial charge in [0.15, 0.2) is 17.3 Å². The summed E-state index contributed by atoms with van der Waals surface area (Å²) in [5, 5.41) is 22.4. The number of carbonyl (C=O) groups excluding carboxylic acids is 3. The van der Waals surface area contributed by atoms with E-state index in [2.05, 4.69) is 15.9 Å². The largest absolute Gasteiger partial charge is 0.507 e. The Hall–Kier alpha value is -1.76. The molecule has 0 radical (unpaired) electrons. The van der Waals surface area contributed by atoms with Crippen molar-refractivity contribution in [3.05, 3.63) is 40.4 Å². The summed E-state index contributed by atoms with van der Waals surface area (Å²) in [4.78, 5) is 38.5. The van der Waals surface area contributed by atoms with Crippen LogP contribution in [0.3, 0.4) is 0 Å². The molecule has 7 heteroatoms. The van der Waals surface area contributed by atoms with E-state index in [9.17, 15) is 24.6 Å². The van der Waals surface area contributed by atoms with E-state index in [1.165, 1.54) is 0 Å². The van der Waals surface area contributed by atoms with Crippen molar-refractivity contribution < 1.29 is 24.6 Å². The first-order valence-electron chi connectivity index (χ1n) is 8.63. The normalized spacial score (nSPS) is 27.4. The lowest BCUT2D eigenvalue weighted by atomic mass is 9.62. The van der Waals surface area contributed by atoms with Crippen LogP contribution in [0.5, 0.6) is 5.75 Å². The molecule has 0 aliphatic heterocycles. The summed E-state index contributed by atoms with van der Waals surface area (Å²) in [6.07, 6.45) is 0.193. The van der Waals surface area contributed by atoms with E-state index >= 15 is 0 Å². The Kier molecular flexibility index (Phi) is 4.41. The highest BCUT2D eigenvalue weighted by atomic mass is 79.9. The molecule has 2 aromatic carbocycles. The molecule has 0 amide bonds. The van der Waals surface area contributed by atoms with Gasteiger partial charge >= 0.3 is 0 Å². The topological polar surface area (TPSA) is 91.7 Å². The number of rotatable bonds is 2. The van der Waals surface area contributed by atoms with Crippen LogP contribution in [0.1, 0.15) is 40.0 Å². The van der Waals surface area contributed by atoms with Crippen LogP contribution in [-0.4, -0.2) is 38.5 Å². The molecule has 4 rings (SSSR count). The summed E-state index contributed by atoms with van der Waals surface area (Å²) in [6, 6.07) is 6.77. The van der Waals surface area contributed by atoms with Crippen LogP contribution in [0.15, 0.2) is 24.3 Å². The monoisotopic (exact) mass is 450 g/mol. The van der Waals surface area contributed by atoms with E-state index in [4.69, 9.17) is 11.6 Å². The zero-order chi connectivity index (χ0) is 19.5. The second kappa shape index (κ2) is 6.40.